The number of carbonyl (C=O) groups excluding carboxylic acids is 2. The molecule has 0 saturated heterocycles. The Hall–Kier alpha value is -3.33. The van der Waals surface area contributed by atoms with E-state index in [1.54, 1.807) is 59.4 Å². The van der Waals surface area contributed by atoms with Crippen LogP contribution in [0.4, 0.5) is 11.4 Å². The van der Waals surface area contributed by atoms with Gasteiger partial charge in [0.25, 0.3) is 5.91 Å². The fraction of sp³-hybridized carbons (Fsp3) is 0.200. The standard InChI is InChI=1S/C20H21N5O3S/c1-3-28-17-9-7-15(8-10-17)23-19(27)14-5-4-6-16(11-14)22-18(26)12-29-20-24-21-13-25(20)2/h4-11,13H,3,12H2,1-2H3,(H,22,26)(H,23,27). The van der Waals surface area contributed by atoms with Gasteiger partial charge in [0.15, 0.2) is 5.16 Å². The summed E-state index contributed by atoms with van der Waals surface area (Å²) < 4.78 is 7.13. The van der Waals surface area contributed by atoms with Crippen LogP contribution in [0, 0.1) is 0 Å². The van der Waals surface area contributed by atoms with Gasteiger partial charge in [0, 0.05) is 24.0 Å². The smallest absolute Gasteiger partial charge is 0.255 e. The van der Waals surface area contributed by atoms with E-state index in [-0.39, 0.29) is 17.6 Å². The van der Waals surface area contributed by atoms with Crippen LogP contribution in [0.1, 0.15) is 17.3 Å². The number of hydrogen-bond acceptors (Lipinski definition) is 6. The fourth-order valence-corrected chi connectivity index (χ4v) is 3.16. The second-order valence-corrected chi connectivity index (χ2v) is 7.00. The van der Waals surface area contributed by atoms with E-state index in [4.69, 9.17) is 4.74 Å². The maximum Gasteiger partial charge on any atom is 0.255 e. The van der Waals surface area contributed by atoms with Gasteiger partial charge in [0.2, 0.25) is 5.91 Å². The highest BCUT2D eigenvalue weighted by Gasteiger charge is 2.10. The van der Waals surface area contributed by atoms with Gasteiger partial charge in [-0.25, -0.2) is 0 Å². The van der Waals surface area contributed by atoms with E-state index in [1.165, 1.54) is 11.8 Å². The zero-order chi connectivity index (χ0) is 20.6. The van der Waals surface area contributed by atoms with Crippen LogP contribution in [0.5, 0.6) is 5.75 Å². The predicted molar refractivity (Wildman–Crippen MR) is 112 cm³/mol. The van der Waals surface area contributed by atoms with Crippen LogP contribution in [0.2, 0.25) is 0 Å². The molecule has 0 aliphatic carbocycles. The van der Waals surface area contributed by atoms with Gasteiger partial charge in [-0.2, -0.15) is 0 Å². The zero-order valence-corrected chi connectivity index (χ0v) is 16.9. The van der Waals surface area contributed by atoms with Gasteiger partial charge in [-0.05, 0) is 49.4 Å². The number of amides is 2. The number of nitrogens with one attached hydrogen (secondary N) is 2. The minimum atomic E-state index is -0.265. The first kappa shape index (κ1) is 20.4. The minimum Gasteiger partial charge on any atom is -0.494 e. The highest BCUT2D eigenvalue weighted by molar-refractivity contribution is 7.99. The van der Waals surface area contributed by atoms with Gasteiger partial charge >= 0.3 is 0 Å². The molecule has 0 bridgehead atoms. The monoisotopic (exact) mass is 411 g/mol. The van der Waals surface area contributed by atoms with E-state index < -0.39 is 0 Å². The van der Waals surface area contributed by atoms with Crippen molar-refractivity contribution in [1.29, 1.82) is 0 Å². The molecule has 1 aromatic heterocycles. The normalized spacial score (nSPS) is 10.4. The molecule has 0 spiro atoms. The van der Waals surface area contributed by atoms with Crippen molar-refractivity contribution in [3.05, 3.63) is 60.4 Å². The minimum absolute atomic E-state index is 0.190. The van der Waals surface area contributed by atoms with Gasteiger partial charge in [0.1, 0.15) is 12.1 Å². The number of hydrogen-bond donors (Lipinski definition) is 2. The molecule has 0 fully saturated rings. The fourth-order valence-electron chi connectivity index (χ4n) is 2.47. The van der Waals surface area contributed by atoms with Gasteiger partial charge in [-0.3, -0.25) is 9.59 Å². The van der Waals surface area contributed by atoms with Gasteiger partial charge in [0.05, 0.1) is 12.4 Å². The largest absolute Gasteiger partial charge is 0.494 e. The summed E-state index contributed by atoms with van der Waals surface area (Å²) in [5.74, 6) is 0.477. The van der Waals surface area contributed by atoms with Crippen molar-refractivity contribution in [2.24, 2.45) is 7.05 Å². The SMILES string of the molecule is CCOc1ccc(NC(=O)c2cccc(NC(=O)CSc3nncn3C)c2)cc1. The predicted octanol–water partition coefficient (Wildman–Crippen LogP) is 3.20. The summed E-state index contributed by atoms with van der Waals surface area (Å²) in [6.07, 6.45) is 1.58. The van der Waals surface area contributed by atoms with Crippen molar-refractivity contribution >= 4 is 35.0 Å². The van der Waals surface area contributed by atoms with Gasteiger partial charge in [-0.15, -0.1) is 10.2 Å². The quantitative estimate of drug-likeness (QED) is 0.553. The molecular formula is C20H21N5O3S. The maximum atomic E-state index is 12.5. The van der Waals surface area contributed by atoms with Crippen molar-refractivity contribution in [1.82, 2.24) is 14.8 Å². The van der Waals surface area contributed by atoms with Crippen LogP contribution in [0.3, 0.4) is 0 Å². The second kappa shape index (κ2) is 9.74. The summed E-state index contributed by atoms with van der Waals surface area (Å²) in [6.45, 7) is 2.50. The Morgan fingerprint density at radius 1 is 1.10 bits per heavy atom. The number of thioether (sulfide) groups is 1. The topological polar surface area (TPSA) is 98.1 Å². The van der Waals surface area contributed by atoms with Crippen LogP contribution in [0.25, 0.3) is 0 Å². The first-order valence-electron chi connectivity index (χ1n) is 8.96. The number of ether oxygens (including phenoxy) is 1. The lowest BCUT2D eigenvalue weighted by Crippen LogP contribution is -2.16. The molecule has 2 aromatic carbocycles. The van der Waals surface area contributed by atoms with Gasteiger partial charge in [-0.1, -0.05) is 17.8 Å². The number of aryl methyl sites for hydroxylation is 1. The number of rotatable bonds is 8. The molecule has 150 valence electrons. The van der Waals surface area contributed by atoms with Crippen LogP contribution >= 0.6 is 11.8 Å². The number of nitrogens with zero attached hydrogens (tertiary/aromatic N) is 3. The Morgan fingerprint density at radius 3 is 2.59 bits per heavy atom. The number of anilines is 2. The third-order valence-electron chi connectivity index (χ3n) is 3.83. The average molecular weight is 411 g/mol. The Kier molecular flexibility index (Phi) is 6.85. The molecule has 0 aliphatic heterocycles. The lowest BCUT2D eigenvalue weighted by atomic mass is 10.2. The zero-order valence-electron chi connectivity index (χ0n) is 16.1. The lowest BCUT2D eigenvalue weighted by molar-refractivity contribution is -0.113. The highest BCUT2D eigenvalue weighted by atomic mass is 32.2. The van der Waals surface area contributed by atoms with E-state index in [9.17, 15) is 9.59 Å². The molecule has 8 nitrogen and oxygen atoms in total. The molecule has 3 aromatic rings. The van der Waals surface area contributed by atoms with Crippen LogP contribution in [-0.4, -0.2) is 38.9 Å². The average Bonchev–Trinajstić information content (AvgIpc) is 3.13. The number of aromatic nitrogens is 3. The van der Waals surface area contributed by atoms with E-state index in [0.717, 1.165) is 5.75 Å². The summed E-state index contributed by atoms with van der Waals surface area (Å²) in [4.78, 5) is 24.7. The van der Waals surface area contributed by atoms with Crippen LogP contribution < -0.4 is 15.4 Å². The third-order valence-corrected chi connectivity index (χ3v) is 4.87. The van der Waals surface area contributed by atoms with Crippen molar-refractivity contribution in [3.63, 3.8) is 0 Å². The Balaban J connectivity index is 1.57. The molecule has 9 heteroatoms. The Bertz CT molecular complexity index is 988. The van der Waals surface area contributed by atoms with Crippen molar-refractivity contribution in [2.75, 3.05) is 23.0 Å². The van der Waals surface area contributed by atoms with Gasteiger partial charge < -0.3 is 19.9 Å². The molecular weight excluding hydrogens is 390 g/mol. The first-order chi connectivity index (χ1) is 14.0. The first-order valence-corrected chi connectivity index (χ1v) is 9.94. The molecule has 3 rings (SSSR count). The number of carbonyl (C=O) groups is 2. The summed E-state index contributed by atoms with van der Waals surface area (Å²) in [5, 5.41) is 14.0. The molecule has 0 radical (unpaired) electrons. The van der Waals surface area contributed by atoms with E-state index in [1.807, 2.05) is 14.0 Å². The van der Waals surface area contributed by atoms with E-state index in [2.05, 4.69) is 20.8 Å². The molecule has 0 saturated carbocycles. The molecule has 2 amide bonds. The van der Waals surface area contributed by atoms with Crippen molar-refractivity contribution in [2.45, 2.75) is 12.1 Å². The number of benzene rings is 2. The third kappa shape index (κ3) is 5.82. The second-order valence-electron chi connectivity index (χ2n) is 6.05. The Morgan fingerprint density at radius 2 is 1.90 bits per heavy atom. The molecule has 1 heterocycles. The molecule has 29 heavy (non-hydrogen) atoms. The highest BCUT2D eigenvalue weighted by Crippen LogP contribution is 2.18. The molecule has 2 N–H and O–H groups in total. The van der Waals surface area contributed by atoms with Crippen LogP contribution in [-0.2, 0) is 11.8 Å². The summed E-state index contributed by atoms with van der Waals surface area (Å²) >= 11 is 1.29. The summed E-state index contributed by atoms with van der Waals surface area (Å²) in [5.41, 5.74) is 1.65. The molecule has 0 atom stereocenters. The summed E-state index contributed by atoms with van der Waals surface area (Å²) in [6, 6.07) is 13.9. The summed E-state index contributed by atoms with van der Waals surface area (Å²) in [7, 11) is 1.81. The van der Waals surface area contributed by atoms with E-state index >= 15 is 0 Å². The van der Waals surface area contributed by atoms with Crippen molar-refractivity contribution in [3.8, 4) is 5.75 Å². The molecule has 0 unspecified atom stereocenters. The van der Waals surface area contributed by atoms with Crippen LogP contribution in [0.15, 0.2) is 60.0 Å². The van der Waals surface area contributed by atoms with Crippen molar-refractivity contribution < 1.29 is 14.3 Å². The maximum absolute atomic E-state index is 12.5. The lowest BCUT2D eigenvalue weighted by Gasteiger charge is -2.09. The Labute approximate surface area is 172 Å². The van der Waals surface area contributed by atoms with E-state index in [0.29, 0.717) is 28.7 Å². The molecule has 0 aliphatic rings.